The van der Waals surface area contributed by atoms with Crippen LogP contribution in [-0.4, -0.2) is 35.6 Å². The van der Waals surface area contributed by atoms with Crippen molar-refractivity contribution in [2.75, 3.05) is 6.54 Å². The first-order valence-electron chi connectivity index (χ1n) is 9.57. The van der Waals surface area contributed by atoms with Gasteiger partial charge in [0.15, 0.2) is 0 Å². The molecule has 1 aromatic heterocycles. The lowest BCUT2D eigenvalue weighted by Gasteiger charge is -2.09. The monoisotopic (exact) mass is 427 g/mol. The van der Waals surface area contributed by atoms with E-state index < -0.39 is 10.0 Å². The van der Waals surface area contributed by atoms with Gasteiger partial charge in [0.05, 0.1) is 11.4 Å². The number of carbonyl (C=O) groups is 1. The maximum absolute atomic E-state index is 12.3. The second-order valence-corrected chi connectivity index (χ2v) is 8.85. The number of hydrogen-bond donors (Lipinski definition) is 2. The van der Waals surface area contributed by atoms with Crippen LogP contribution in [0.4, 0.5) is 0 Å². The normalized spacial score (nSPS) is 11.4. The summed E-state index contributed by atoms with van der Waals surface area (Å²) >= 11 is 0. The third kappa shape index (κ3) is 5.98. The molecule has 2 N–H and O–H groups in total. The summed E-state index contributed by atoms with van der Waals surface area (Å²) in [6.45, 7) is 4.84. The number of aryl methyl sites for hydroxylation is 2. The Balaban J connectivity index is 1.43. The zero-order valence-electron chi connectivity index (χ0n) is 17.0. The molecule has 8 nitrogen and oxygen atoms in total. The van der Waals surface area contributed by atoms with Gasteiger partial charge in [0.2, 0.25) is 15.9 Å². The van der Waals surface area contributed by atoms with Gasteiger partial charge in [0.25, 0.3) is 0 Å². The van der Waals surface area contributed by atoms with Crippen molar-refractivity contribution in [1.29, 1.82) is 0 Å². The molecule has 0 spiro atoms. The maximum Gasteiger partial charge on any atom is 0.240 e. The highest BCUT2D eigenvalue weighted by atomic mass is 32.2. The van der Waals surface area contributed by atoms with Gasteiger partial charge in [0, 0.05) is 19.5 Å². The minimum Gasteiger partial charge on any atom is -0.352 e. The van der Waals surface area contributed by atoms with Crippen molar-refractivity contribution in [2.24, 2.45) is 0 Å². The highest BCUT2D eigenvalue weighted by molar-refractivity contribution is 7.89. The second kappa shape index (κ2) is 9.64. The Morgan fingerprint density at radius 1 is 1.03 bits per heavy atom. The summed E-state index contributed by atoms with van der Waals surface area (Å²) in [4.78, 5) is 16.2. The van der Waals surface area contributed by atoms with Gasteiger partial charge < -0.3 is 5.32 Å². The standard InChI is InChI=1S/C21H25N5O3S/c1-16-3-8-20(11-17(16)2)30(28,29)25-10-9-21(27)23-12-18-4-6-19(7-5-18)13-26-15-22-14-24-26/h3-8,11,14-15,25H,9-10,12-13H2,1-2H3,(H,23,27). The van der Waals surface area contributed by atoms with E-state index in [1.54, 1.807) is 29.2 Å². The molecule has 0 bridgehead atoms. The van der Waals surface area contributed by atoms with Crippen LogP contribution in [0, 0.1) is 13.8 Å². The summed E-state index contributed by atoms with van der Waals surface area (Å²) in [6.07, 6.45) is 3.21. The molecule has 3 aromatic rings. The Bertz CT molecular complexity index is 1090. The fourth-order valence-corrected chi connectivity index (χ4v) is 3.93. The van der Waals surface area contributed by atoms with E-state index >= 15 is 0 Å². The van der Waals surface area contributed by atoms with E-state index in [9.17, 15) is 13.2 Å². The Labute approximate surface area is 176 Å². The van der Waals surface area contributed by atoms with Crippen LogP contribution in [0.5, 0.6) is 0 Å². The molecule has 9 heteroatoms. The van der Waals surface area contributed by atoms with Crippen molar-refractivity contribution >= 4 is 15.9 Å². The molecule has 30 heavy (non-hydrogen) atoms. The molecule has 0 atom stereocenters. The van der Waals surface area contributed by atoms with Crippen LogP contribution in [0.15, 0.2) is 60.0 Å². The van der Waals surface area contributed by atoms with E-state index in [0.717, 1.165) is 22.3 Å². The van der Waals surface area contributed by atoms with Gasteiger partial charge in [-0.3, -0.25) is 4.79 Å². The first-order chi connectivity index (χ1) is 14.3. The molecule has 0 fully saturated rings. The van der Waals surface area contributed by atoms with Gasteiger partial charge in [-0.1, -0.05) is 30.3 Å². The minimum atomic E-state index is -3.63. The number of hydrogen-bond acceptors (Lipinski definition) is 5. The molecular weight excluding hydrogens is 402 g/mol. The lowest BCUT2D eigenvalue weighted by Crippen LogP contribution is -2.30. The molecule has 0 radical (unpaired) electrons. The SMILES string of the molecule is Cc1ccc(S(=O)(=O)NCCC(=O)NCc2ccc(Cn3cncn3)cc2)cc1C. The number of nitrogens with one attached hydrogen (secondary N) is 2. The van der Waals surface area contributed by atoms with E-state index in [1.165, 1.54) is 6.33 Å². The van der Waals surface area contributed by atoms with Crippen molar-refractivity contribution in [2.45, 2.75) is 38.3 Å². The fraction of sp³-hybridized carbons (Fsp3) is 0.286. The van der Waals surface area contributed by atoms with E-state index in [4.69, 9.17) is 0 Å². The van der Waals surface area contributed by atoms with Gasteiger partial charge in [-0.15, -0.1) is 0 Å². The zero-order valence-corrected chi connectivity index (χ0v) is 17.8. The zero-order chi connectivity index (χ0) is 21.6. The average molecular weight is 428 g/mol. The molecule has 0 saturated heterocycles. The Morgan fingerprint density at radius 2 is 1.77 bits per heavy atom. The van der Waals surface area contributed by atoms with Crippen LogP contribution < -0.4 is 10.0 Å². The highest BCUT2D eigenvalue weighted by Crippen LogP contribution is 2.14. The van der Waals surface area contributed by atoms with Gasteiger partial charge in [-0.2, -0.15) is 5.10 Å². The number of rotatable bonds is 9. The largest absolute Gasteiger partial charge is 0.352 e. The van der Waals surface area contributed by atoms with Gasteiger partial charge in [-0.25, -0.2) is 22.8 Å². The Kier molecular flexibility index (Phi) is 6.96. The first-order valence-corrected chi connectivity index (χ1v) is 11.1. The topological polar surface area (TPSA) is 106 Å². The number of nitrogens with zero attached hydrogens (tertiary/aromatic N) is 3. The summed E-state index contributed by atoms with van der Waals surface area (Å²) in [5, 5.41) is 6.87. The summed E-state index contributed by atoms with van der Waals surface area (Å²) < 4.78 is 28.9. The molecule has 1 heterocycles. The van der Waals surface area contributed by atoms with Crippen molar-refractivity contribution in [3.05, 3.63) is 77.4 Å². The number of benzene rings is 2. The van der Waals surface area contributed by atoms with Crippen LogP contribution >= 0.6 is 0 Å². The van der Waals surface area contributed by atoms with Crippen LogP contribution in [-0.2, 0) is 27.9 Å². The molecule has 0 saturated carbocycles. The van der Waals surface area contributed by atoms with Gasteiger partial charge in [0.1, 0.15) is 12.7 Å². The van der Waals surface area contributed by atoms with Crippen molar-refractivity contribution in [3.8, 4) is 0 Å². The fourth-order valence-electron chi connectivity index (χ4n) is 2.82. The second-order valence-electron chi connectivity index (χ2n) is 7.08. The molecule has 0 aliphatic heterocycles. The van der Waals surface area contributed by atoms with E-state index in [2.05, 4.69) is 20.1 Å². The average Bonchev–Trinajstić information content (AvgIpc) is 3.22. The van der Waals surface area contributed by atoms with Crippen molar-refractivity contribution in [3.63, 3.8) is 0 Å². The summed E-state index contributed by atoms with van der Waals surface area (Å²) in [7, 11) is -3.63. The van der Waals surface area contributed by atoms with Crippen LogP contribution in [0.2, 0.25) is 0 Å². The summed E-state index contributed by atoms with van der Waals surface area (Å²) in [6, 6.07) is 12.8. The van der Waals surface area contributed by atoms with Crippen molar-refractivity contribution in [1.82, 2.24) is 24.8 Å². The number of sulfonamides is 1. The first kappa shape index (κ1) is 21.7. The summed E-state index contributed by atoms with van der Waals surface area (Å²) in [5.41, 5.74) is 3.97. The predicted octanol–water partition coefficient (Wildman–Crippen LogP) is 1.93. The van der Waals surface area contributed by atoms with Crippen LogP contribution in [0.3, 0.4) is 0 Å². The molecule has 1 amide bonds. The van der Waals surface area contributed by atoms with Crippen LogP contribution in [0.1, 0.15) is 28.7 Å². The smallest absolute Gasteiger partial charge is 0.240 e. The lowest BCUT2D eigenvalue weighted by molar-refractivity contribution is -0.121. The number of carbonyl (C=O) groups excluding carboxylic acids is 1. The van der Waals surface area contributed by atoms with Gasteiger partial charge in [-0.05, 0) is 48.2 Å². The minimum absolute atomic E-state index is 0.0396. The maximum atomic E-state index is 12.3. The number of aromatic nitrogens is 3. The van der Waals surface area contributed by atoms with E-state index in [0.29, 0.717) is 13.1 Å². The highest BCUT2D eigenvalue weighted by Gasteiger charge is 2.14. The third-order valence-electron chi connectivity index (χ3n) is 4.76. The summed E-state index contributed by atoms with van der Waals surface area (Å²) in [5.74, 6) is -0.218. The Morgan fingerprint density at radius 3 is 2.43 bits per heavy atom. The molecule has 0 aliphatic rings. The van der Waals surface area contributed by atoms with Crippen molar-refractivity contribution < 1.29 is 13.2 Å². The third-order valence-corrected chi connectivity index (χ3v) is 6.22. The number of amides is 1. The Hall–Kier alpha value is -3.04. The van der Waals surface area contributed by atoms with E-state index in [1.807, 2.05) is 38.1 Å². The molecular formula is C21H25N5O3S. The van der Waals surface area contributed by atoms with E-state index in [-0.39, 0.29) is 23.8 Å². The van der Waals surface area contributed by atoms with Crippen LogP contribution in [0.25, 0.3) is 0 Å². The molecule has 3 rings (SSSR count). The molecule has 0 aliphatic carbocycles. The lowest BCUT2D eigenvalue weighted by atomic mass is 10.1. The van der Waals surface area contributed by atoms with Gasteiger partial charge >= 0.3 is 0 Å². The quantitative estimate of drug-likeness (QED) is 0.543. The molecule has 0 unspecified atom stereocenters. The molecule has 158 valence electrons. The predicted molar refractivity (Wildman–Crippen MR) is 113 cm³/mol. The molecule has 2 aromatic carbocycles.